The van der Waals surface area contributed by atoms with E-state index in [-0.39, 0.29) is 11.5 Å². The van der Waals surface area contributed by atoms with Crippen LogP contribution in [0.2, 0.25) is 0 Å². The van der Waals surface area contributed by atoms with E-state index in [2.05, 4.69) is 63.8 Å². The van der Waals surface area contributed by atoms with E-state index >= 15 is 0 Å². The minimum Gasteiger partial charge on any atom is -0.393 e. The predicted molar refractivity (Wildman–Crippen MR) is 82.1 cm³/mol. The molecular formula is C17H29NO. The Labute approximate surface area is 118 Å². The molecule has 2 heteroatoms. The van der Waals surface area contributed by atoms with E-state index in [1.165, 1.54) is 5.56 Å². The van der Waals surface area contributed by atoms with E-state index in [0.717, 1.165) is 19.5 Å². The van der Waals surface area contributed by atoms with Gasteiger partial charge in [0.05, 0.1) is 6.10 Å². The number of hydrogen-bond acceptors (Lipinski definition) is 2. The summed E-state index contributed by atoms with van der Waals surface area (Å²) in [5, 5.41) is 10.2. The highest BCUT2D eigenvalue weighted by atomic mass is 16.3. The van der Waals surface area contributed by atoms with Crippen LogP contribution >= 0.6 is 0 Å². The quantitative estimate of drug-likeness (QED) is 0.846. The fourth-order valence-corrected chi connectivity index (χ4v) is 2.06. The zero-order valence-electron chi connectivity index (χ0n) is 13.1. The van der Waals surface area contributed by atoms with Gasteiger partial charge in [0, 0.05) is 19.1 Å². The molecule has 0 aliphatic heterocycles. The van der Waals surface area contributed by atoms with Gasteiger partial charge in [-0.15, -0.1) is 0 Å². The Bertz CT molecular complexity index is 353. The van der Waals surface area contributed by atoms with Gasteiger partial charge in [-0.1, -0.05) is 51.1 Å². The number of nitrogens with zero attached hydrogens (tertiary/aromatic N) is 1. The van der Waals surface area contributed by atoms with Crippen LogP contribution in [0.5, 0.6) is 0 Å². The molecule has 0 aromatic heterocycles. The molecule has 0 heterocycles. The Hall–Kier alpha value is -0.860. The van der Waals surface area contributed by atoms with Gasteiger partial charge in [-0.05, 0) is 31.2 Å². The summed E-state index contributed by atoms with van der Waals surface area (Å²) in [5.74, 6) is 0. The van der Waals surface area contributed by atoms with E-state index in [4.69, 9.17) is 0 Å². The van der Waals surface area contributed by atoms with Crippen LogP contribution in [0.25, 0.3) is 0 Å². The lowest BCUT2D eigenvalue weighted by Crippen LogP contribution is -2.36. The van der Waals surface area contributed by atoms with Crippen molar-refractivity contribution in [3.05, 3.63) is 35.9 Å². The van der Waals surface area contributed by atoms with Crippen molar-refractivity contribution < 1.29 is 5.11 Å². The summed E-state index contributed by atoms with van der Waals surface area (Å²) in [6.45, 7) is 12.6. The summed E-state index contributed by atoms with van der Waals surface area (Å²) < 4.78 is 0. The largest absolute Gasteiger partial charge is 0.393 e. The highest BCUT2D eigenvalue weighted by Gasteiger charge is 2.23. The molecule has 108 valence electrons. The number of hydrogen-bond donors (Lipinski definition) is 1. The molecule has 0 aliphatic rings. The second-order valence-electron chi connectivity index (χ2n) is 6.72. The molecule has 0 amide bonds. The molecule has 0 spiro atoms. The average Bonchev–Trinajstić information content (AvgIpc) is 2.33. The minimum absolute atomic E-state index is 0.0323. The van der Waals surface area contributed by atoms with Crippen LogP contribution in [0.4, 0.5) is 0 Å². The first kappa shape index (κ1) is 16.2. The van der Waals surface area contributed by atoms with E-state index in [9.17, 15) is 5.11 Å². The highest BCUT2D eigenvalue weighted by Crippen LogP contribution is 2.22. The Morgan fingerprint density at radius 1 is 1.11 bits per heavy atom. The summed E-state index contributed by atoms with van der Waals surface area (Å²) in [6.07, 6.45) is 0.582. The Morgan fingerprint density at radius 3 is 2.16 bits per heavy atom. The van der Waals surface area contributed by atoms with Crippen LogP contribution in [0.1, 0.15) is 46.6 Å². The first-order valence-corrected chi connectivity index (χ1v) is 7.26. The van der Waals surface area contributed by atoms with Crippen molar-refractivity contribution in [1.82, 2.24) is 4.90 Å². The van der Waals surface area contributed by atoms with Crippen LogP contribution in [0.15, 0.2) is 30.3 Å². The first-order valence-electron chi connectivity index (χ1n) is 7.26. The molecule has 1 aromatic carbocycles. The molecule has 1 unspecified atom stereocenters. The van der Waals surface area contributed by atoms with Gasteiger partial charge in [-0.2, -0.15) is 0 Å². The Kier molecular flexibility index (Phi) is 6.02. The third-order valence-electron chi connectivity index (χ3n) is 3.65. The number of aliphatic hydroxyl groups is 1. The van der Waals surface area contributed by atoms with Crippen molar-refractivity contribution in [2.45, 2.75) is 59.7 Å². The van der Waals surface area contributed by atoms with E-state index in [1.54, 1.807) is 0 Å². The maximum atomic E-state index is 10.2. The smallest absolute Gasteiger partial charge is 0.0600 e. The molecule has 2 nitrogen and oxygen atoms in total. The predicted octanol–water partition coefficient (Wildman–Crippen LogP) is 3.69. The minimum atomic E-state index is -0.246. The molecule has 1 rings (SSSR count). The zero-order valence-corrected chi connectivity index (χ0v) is 13.1. The number of aliphatic hydroxyl groups excluding tert-OH is 1. The molecule has 0 aliphatic carbocycles. The van der Waals surface area contributed by atoms with Crippen molar-refractivity contribution in [2.24, 2.45) is 5.41 Å². The fraction of sp³-hybridized carbons (Fsp3) is 0.647. The monoisotopic (exact) mass is 263 g/mol. The van der Waals surface area contributed by atoms with Gasteiger partial charge in [0.2, 0.25) is 0 Å². The standard InChI is InChI=1S/C17H29NO/c1-14(2)18(12-11-16(19)17(3,4)5)13-15-9-7-6-8-10-15/h6-10,14,16,19H,11-13H2,1-5H3. The molecule has 1 atom stereocenters. The Morgan fingerprint density at radius 2 is 1.68 bits per heavy atom. The summed E-state index contributed by atoms with van der Waals surface area (Å²) in [5.41, 5.74) is 1.30. The molecule has 0 fully saturated rings. The van der Waals surface area contributed by atoms with Gasteiger partial charge < -0.3 is 5.11 Å². The first-order chi connectivity index (χ1) is 8.80. The average molecular weight is 263 g/mol. The van der Waals surface area contributed by atoms with Crippen LogP contribution < -0.4 is 0 Å². The van der Waals surface area contributed by atoms with Crippen LogP contribution in [-0.4, -0.2) is 28.7 Å². The Balaban J connectivity index is 2.55. The van der Waals surface area contributed by atoms with Gasteiger partial charge >= 0.3 is 0 Å². The number of benzene rings is 1. The molecule has 0 saturated carbocycles. The maximum Gasteiger partial charge on any atom is 0.0600 e. The SMILES string of the molecule is CC(C)N(CCC(O)C(C)(C)C)Cc1ccccc1. The van der Waals surface area contributed by atoms with Gasteiger partial charge in [0.15, 0.2) is 0 Å². The van der Waals surface area contributed by atoms with E-state index in [1.807, 2.05) is 6.07 Å². The molecule has 0 saturated heterocycles. The van der Waals surface area contributed by atoms with E-state index in [0.29, 0.717) is 6.04 Å². The van der Waals surface area contributed by atoms with Crippen molar-refractivity contribution in [3.63, 3.8) is 0 Å². The van der Waals surface area contributed by atoms with Gasteiger partial charge in [-0.3, -0.25) is 4.90 Å². The van der Waals surface area contributed by atoms with Gasteiger partial charge in [0.1, 0.15) is 0 Å². The molecule has 19 heavy (non-hydrogen) atoms. The lowest BCUT2D eigenvalue weighted by molar-refractivity contribution is 0.0411. The zero-order chi connectivity index (χ0) is 14.5. The maximum absolute atomic E-state index is 10.2. The third kappa shape index (κ3) is 5.75. The fourth-order valence-electron chi connectivity index (χ4n) is 2.06. The van der Waals surface area contributed by atoms with Gasteiger partial charge in [0.25, 0.3) is 0 Å². The van der Waals surface area contributed by atoms with E-state index < -0.39 is 0 Å². The van der Waals surface area contributed by atoms with Crippen molar-refractivity contribution in [2.75, 3.05) is 6.54 Å². The summed E-state index contributed by atoms with van der Waals surface area (Å²) in [6, 6.07) is 11.0. The van der Waals surface area contributed by atoms with Crippen LogP contribution in [-0.2, 0) is 6.54 Å². The third-order valence-corrected chi connectivity index (χ3v) is 3.65. The second kappa shape index (κ2) is 7.06. The topological polar surface area (TPSA) is 23.5 Å². The summed E-state index contributed by atoms with van der Waals surface area (Å²) in [7, 11) is 0. The van der Waals surface area contributed by atoms with Crippen molar-refractivity contribution in [3.8, 4) is 0 Å². The molecule has 0 bridgehead atoms. The summed E-state index contributed by atoms with van der Waals surface area (Å²) >= 11 is 0. The van der Waals surface area contributed by atoms with Gasteiger partial charge in [-0.25, -0.2) is 0 Å². The molecule has 0 radical (unpaired) electrons. The number of rotatable bonds is 6. The molecule has 1 aromatic rings. The van der Waals surface area contributed by atoms with Crippen molar-refractivity contribution >= 4 is 0 Å². The summed E-state index contributed by atoms with van der Waals surface area (Å²) in [4.78, 5) is 2.42. The normalized spacial score (nSPS) is 14.1. The van der Waals surface area contributed by atoms with Crippen LogP contribution in [0, 0.1) is 5.41 Å². The van der Waals surface area contributed by atoms with Crippen molar-refractivity contribution in [1.29, 1.82) is 0 Å². The molecular weight excluding hydrogens is 234 g/mol. The molecule has 1 N–H and O–H groups in total. The lowest BCUT2D eigenvalue weighted by Gasteiger charge is -2.31. The second-order valence-corrected chi connectivity index (χ2v) is 6.72. The van der Waals surface area contributed by atoms with Crippen LogP contribution in [0.3, 0.4) is 0 Å². The lowest BCUT2D eigenvalue weighted by atomic mass is 9.87. The highest BCUT2D eigenvalue weighted by molar-refractivity contribution is 5.14.